The summed E-state index contributed by atoms with van der Waals surface area (Å²) in [4.78, 5) is 0. The molecule has 0 aliphatic carbocycles. The first-order valence-corrected chi connectivity index (χ1v) is 9.69. The molecule has 0 spiro atoms. The summed E-state index contributed by atoms with van der Waals surface area (Å²) in [6, 6.07) is 21.6. The van der Waals surface area contributed by atoms with Crippen molar-refractivity contribution in [3.63, 3.8) is 0 Å². The number of ether oxygens (including phenoxy) is 2. The van der Waals surface area contributed by atoms with Gasteiger partial charge in [0.15, 0.2) is 0 Å². The third kappa shape index (κ3) is 2.99. The lowest BCUT2D eigenvalue weighted by molar-refractivity contribution is -0.0191. The monoisotopic (exact) mass is 386 g/mol. The Morgan fingerprint density at radius 1 is 1.07 bits per heavy atom. The van der Waals surface area contributed by atoms with Crippen molar-refractivity contribution < 1.29 is 14.6 Å². The number of hydrogen-bond donors (Lipinski definition) is 1. The average Bonchev–Trinajstić information content (AvgIpc) is 3.20. The zero-order valence-corrected chi connectivity index (χ0v) is 16.4. The van der Waals surface area contributed by atoms with Gasteiger partial charge in [0.2, 0.25) is 6.23 Å². The number of methoxy groups -OCH3 is 1. The van der Waals surface area contributed by atoms with Crippen LogP contribution in [0.1, 0.15) is 40.9 Å². The number of hydrazone groups is 1. The van der Waals surface area contributed by atoms with Crippen LogP contribution in [0.2, 0.25) is 0 Å². The molecule has 0 unspecified atom stereocenters. The lowest BCUT2D eigenvalue weighted by Gasteiger charge is -2.38. The highest BCUT2D eigenvalue weighted by atomic mass is 16.5. The second-order valence-electron chi connectivity index (χ2n) is 7.45. The number of phenolic OH excluding ortho intramolecular Hbond substituents is 1. The number of aromatic hydroxyl groups is 1. The predicted octanol–water partition coefficient (Wildman–Crippen LogP) is 4.95. The molecule has 2 aliphatic rings. The molecule has 1 N–H and O–H groups in total. The highest BCUT2D eigenvalue weighted by Gasteiger charge is 2.41. The number of hydrogen-bond acceptors (Lipinski definition) is 5. The van der Waals surface area contributed by atoms with Gasteiger partial charge in [-0.2, -0.15) is 5.10 Å². The zero-order valence-electron chi connectivity index (χ0n) is 16.4. The van der Waals surface area contributed by atoms with Gasteiger partial charge in [0.1, 0.15) is 17.2 Å². The molecule has 0 radical (unpaired) electrons. The van der Waals surface area contributed by atoms with Gasteiger partial charge in [0, 0.05) is 23.1 Å². The van der Waals surface area contributed by atoms with Crippen LogP contribution in [0.5, 0.6) is 17.2 Å². The van der Waals surface area contributed by atoms with E-state index in [0.29, 0.717) is 6.42 Å². The summed E-state index contributed by atoms with van der Waals surface area (Å²) in [5.41, 5.74) is 4.82. The summed E-state index contributed by atoms with van der Waals surface area (Å²) < 4.78 is 11.8. The van der Waals surface area contributed by atoms with E-state index in [2.05, 4.69) is 6.07 Å². The van der Waals surface area contributed by atoms with Gasteiger partial charge in [-0.25, -0.2) is 5.01 Å². The molecular weight excluding hydrogens is 364 g/mol. The normalized spacial score (nSPS) is 19.8. The van der Waals surface area contributed by atoms with Crippen LogP contribution in [0.15, 0.2) is 71.8 Å². The summed E-state index contributed by atoms with van der Waals surface area (Å²) in [6.07, 6.45) is 0.340. The van der Waals surface area contributed by atoms with Gasteiger partial charge in [-0.15, -0.1) is 0 Å². The van der Waals surface area contributed by atoms with E-state index in [4.69, 9.17) is 14.6 Å². The third-order valence-electron chi connectivity index (χ3n) is 5.54. The molecule has 5 rings (SSSR count). The van der Waals surface area contributed by atoms with Crippen LogP contribution in [-0.4, -0.2) is 22.9 Å². The van der Waals surface area contributed by atoms with Crippen LogP contribution < -0.4 is 9.47 Å². The van der Waals surface area contributed by atoms with E-state index in [-0.39, 0.29) is 18.0 Å². The van der Waals surface area contributed by atoms with Gasteiger partial charge >= 0.3 is 0 Å². The van der Waals surface area contributed by atoms with Gasteiger partial charge in [-0.05, 0) is 37.3 Å². The Hall–Kier alpha value is -3.47. The number of para-hydroxylation sites is 1. The van der Waals surface area contributed by atoms with Crippen molar-refractivity contribution in [3.8, 4) is 17.2 Å². The maximum Gasteiger partial charge on any atom is 0.214 e. The highest BCUT2D eigenvalue weighted by Crippen LogP contribution is 2.48. The van der Waals surface area contributed by atoms with Crippen molar-refractivity contribution in [1.29, 1.82) is 0 Å². The maximum atomic E-state index is 10.4. The average molecular weight is 386 g/mol. The molecule has 3 aromatic rings. The van der Waals surface area contributed by atoms with Crippen molar-refractivity contribution >= 4 is 5.71 Å². The molecule has 0 amide bonds. The quantitative estimate of drug-likeness (QED) is 0.692. The number of fused-ring (bicyclic) bond motifs is 3. The fourth-order valence-electron chi connectivity index (χ4n) is 4.09. The minimum Gasteiger partial charge on any atom is -0.507 e. The van der Waals surface area contributed by atoms with Gasteiger partial charge in [0.05, 0.1) is 18.9 Å². The molecule has 0 saturated carbocycles. The molecule has 0 saturated heterocycles. The van der Waals surface area contributed by atoms with Crippen molar-refractivity contribution in [2.45, 2.75) is 25.6 Å². The minimum absolute atomic E-state index is 0.0473. The van der Waals surface area contributed by atoms with Crippen LogP contribution in [0.3, 0.4) is 0 Å². The Morgan fingerprint density at radius 2 is 1.93 bits per heavy atom. The van der Waals surface area contributed by atoms with Gasteiger partial charge < -0.3 is 14.6 Å². The molecule has 5 heteroatoms. The molecule has 146 valence electrons. The van der Waals surface area contributed by atoms with E-state index in [1.165, 1.54) is 0 Å². The first-order valence-electron chi connectivity index (χ1n) is 9.69. The first-order chi connectivity index (χ1) is 14.1. The Morgan fingerprint density at radius 3 is 2.79 bits per heavy atom. The minimum atomic E-state index is -0.366. The Balaban J connectivity index is 1.61. The summed E-state index contributed by atoms with van der Waals surface area (Å²) in [5.74, 6) is 1.90. The number of benzene rings is 3. The SMILES string of the molecule is COc1cccc([C@@H]2Oc3ccccc3[C@H]3CC(c4cc(C)ccc4O)=NN32)c1. The van der Waals surface area contributed by atoms with Crippen LogP contribution in [0, 0.1) is 6.92 Å². The molecule has 0 bridgehead atoms. The summed E-state index contributed by atoms with van der Waals surface area (Å²) in [5, 5.41) is 17.4. The van der Waals surface area contributed by atoms with Gasteiger partial charge in [0.25, 0.3) is 0 Å². The van der Waals surface area contributed by atoms with E-state index < -0.39 is 0 Å². The summed E-state index contributed by atoms with van der Waals surface area (Å²) >= 11 is 0. The second-order valence-corrected chi connectivity index (χ2v) is 7.45. The summed E-state index contributed by atoms with van der Waals surface area (Å²) in [7, 11) is 1.66. The van der Waals surface area contributed by atoms with E-state index in [1.807, 2.05) is 66.5 Å². The molecule has 2 aliphatic heterocycles. The number of phenols is 1. The highest BCUT2D eigenvalue weighted by molar-refractivity contribution is 6.04. The van der Waals surface area contributed by atoms with E-state index in [1.54, 1.807) is 13.2 Å². The number of aryl methyl sites for hydroxylation is 1. The van der Waals surface area contributed by atoms with Crippen molar-refractivity contribution in [2.24, 2.45) is 5.10 Å². The van der Waals surface area contributed by atoms with E-state index in [9.17, 15) is 5.11 Å². The Labute approximate surface area is 169 Å². The van der Waals surface area contributed by atoms with Crippen LogP contribution in [0.4, 0.5) is 0 Å². The van der Waals surface area contributed by atoms with Gasteiger partial charge in [-0.1, -0.05) is 42.0 Å². The molecule has 5 nitrogen and oxygen atoms in total. The molecule has 29 heavy (non-hydrogen) atoms. The fraction of sp³-hybridized carbons (Fsp3) is 0.208. The molecule has 2 atom stereocenters. The second kappa shape index (κ2) is 6.85. The third-order valence-corrected chi connectivity index (χ3v) is 5.54. The van der Waals surface area contributed by atoms with Crippen LogP contribution in [-0.2, 0) is 0 Å². The molecule has 2 heterocycles. The Kier molecular flexibility index (Phi) is 4.16. The predicted molar refractivity (Wildman–Crippen MR) is 111 cm³/mol. The molecule has 0 aromatic heterocycles. The zero-order chi connectivity index (χ0) is 20.0. The first kappa shape index (κ1) is 17.6. The van der Waals surface area contributed by atoms with Crippen molar-refractivity contribution in [1.82, 2.24) is 5.01 Å². The fourth-order valence-corrected chi connectivity index (χ4v) is 4.09. The Bertz CT molecular complexity index is 1110. The van der Waals surface area contributed by atoms with Crippen molar-refractivity contribution in [3.05, 3.63) is 89.0 Å². The van der Waals surface area contributed by atoms with Crippen molar-refractivity contribution in [2.75, 3.05) is 7.11 Å². The standard InChI is InChI=1S/C24H22N2O3/c1-15-10-11-22(27)19(12-15)20-14-21-18-8-3-4-9-23(18)29-24(26(21)25-20)16-6-5-7-17(13-16)28-2/h3-13,21,24,27H,14H2,1-2H3/t21-,24+/m1/s1. The number of nitrogens with zero attached hydrogens (tertiary/aromatic N) is 2. The largest absolute Gasteiger partial charge is 0.507 e. The van der Waals surface area contributed by atoms with E-state index in [0.717, 1.165) is 39.5 Å². The molecular formula is C24H22N2O3. The van der Waals surface area contributed by atoms with Crippen LogP contribution in [0.25, 0.3) is 0 Å². The molecule has 3 aromatic carbocycles. The van der Waals surface area contributed by atoms with Gasteiger partial charge in [-0.3, -0.25) is 0 Å². The lowest BCUT2D eigenvalue weighted by Crippen LogP contribution is -2.33. The van der Waals surface area contributed by atoms with E-state index >= 15 is 0 Å². The topological polar surface area (TPSA) is 54.3 Å². The maximum absolute atomic E-state index is 10.4. The lowest BCUT2D eigenvalue weighted by atomic mass is 9.95. The van der Waals surface area contributed by atoms with Crippen LogP contribution >= 0.6 is 0 Å². The summed E-state index contributed by atoms with van der Waals surface area (Å²) in [6.45, 7) is 2.02. The molecule has 0 fully saturated rings. The number of rotatable bonds is 3. The smallest absolute Gasteiger partial charge is 0.214 e.